The Labute approximate surface area is 232 Å². The van der Waals surface area contributed by atoms with Gasteiger partial charge in [0.15, 0.2) is 11.8 Å². The Bertz CT molecular complexity index is 1230. The highest BCUT2D eigenvalue weighted by Crippen LogP contribution is 2.63. The van der Waals surface area contributed by atoms with Crippen molar-refractivity contribution in [3.8, 4) is 5.75 Å². The van der Waals surface area contributed by atoms with Gasteiger partial charge in [0, 0.05) is 0 Å². The monoisotopic (exact) mass is 592 g/mol. The zero-order valence-corrected chi connectivity index (χ0v) is 22.8. The van der Waals surface area contributed by atoms with Gasteiger partial charge in [0.1, 0.15) is 21.7 Å². The van der Waals surface area contributed by atoms with Crippen molar-refractivity contribution in [2.24, 2.45) is 0 Å². The van der Waals surface area contributed by atoms with Gasteiger partial charge in [-0.3, -0.25) is 5.32 Å². The minimum atomic E-state index is -4.69. The van der Waals surface area contributed by atoms with Crippen LogP contribution in [0.25, 0.3) is 0 Å². The fraction of sp³-hybridized carbons (Fsp3) is 0. The fourth-order valence-corrected chi connectivity index (χ4v) is 8.66. The van der Waals surface area contributed by atoms with Crippen molar-refractivity contribution in [3.63, 3.8) is 0 Å². The summed E-state index contributed by atoms with van der Waals surface area (Å²) in [6.45, 7) is 0. The van der Waals surface area contributed by atoms with Gasteiger partial charge in [-0.05, 0) is 48.5 Å². The number of rotatable bonds is 6. The van der Waals surface area contributed by atoms with E-state index in [2.05, 4.69) is 5.32 Å². The first-order chi connectivity index (χ1) is 18.1. The van der Waals surface area contributed by atoms with Gasteiger partial charge in [0.2, 0.25) is 5.44 Å². The summed E-state index contributed by atoms with van der Waals surface area (Å²) in [7, 11) is -7.37. The van der Waals surface area contributed by atoms with Crippen LogP contribution in [-0.2, 0) is 0 Å². The molecule has 0 spiro atoms. The number of amides is 1. The highest BCUT2D eigenvalue weighted by atomic mass is 35.7. The van der Waals surface area contributed by atoms with Crippen LogP contribution in [0.4, 0.5) is 4.79 Å². The van der Waals surface area contributed by atoms with E-state index in [1.165, 1.54) is 0 Å². The van der Waals surface area contributed by atoms with Crippen LogP contribution in [0.15, 0.2) is 131 Å². The second-order valence-corrected chi connectivity index (χ2v) is 12.6. The molecule has 0 aliphatic heterocycles. The topological polar surface area (TPSA) is 128 Å². The van der Waals surface area contributed by atoms with E-state index < -0.39 is 23.6 Å². The molecule has 38 heavy (non-hydrogen) atoms. The maximum absolute atomic E-state index is 13.0. The minimum Gasteiger partial charge on any atom is -0.410 e. The summed E-state index contributed by atoms with van der Waals surface area (Å²) in [5.41, 5.74) is 0.412. The van der Waals surface area contributed by atoms with E-state index in [-0.39, 0.29) is 4.49 Å². The first-order valence-electron chi connectivity index (χ1n) is 10.9. The summed E-state index contributed by atoms with van der Waals surface area (Å²) in [5.74, 6) is 0.420. The standard InChI is InChI=1S/C27H20Cl2NO2P.ClHO4/c28-25(29)26(30-27(31)32-21-13-5-1-6-14-21)33(22-15-7-2-8-16-22,23-17-9-3-10-18-23)24-19-11-4-12-20-24;2-1(3,4)5/h1-20H;(H,2,3,4,5)/p+1. The summed E-state index contributed by atoms with van der Waals surface area (Å²) in [6, 6.07) is 38.8. The van der Waals surface area contributed by atoms with Crippen molar-refractivity contribution in [1.29, 1.82) is 0 Å². The molecule has 0 aliphatic rings. The number of para-hydroxylation sites is 1. The first-order valence-corrected chi connectivity index (χ1v) is 14.7. The molecule has 0 heterocycles. The third-order valence-corrected chi connectivity index (χ3v) is 9.99. The van der Waals surface area contributed by atoms with Gasteiger partial charge in [-0.25, -0.2) is 4.79 Å². The third kappa shape index (κ3) is 8.01. The number of carbonyl (C=O) groups excluding carboxylic acids is 1. The van der Waals surface area contributed by atoms with Crippen molar-refractivity contribution in [2.75, 3.05) is 0 Å². The molecular formula is C27H22Cl3NO6P+. The van der Waals surface area contributed by atoms with E-state index >= 15 is 0 Å². The van der Waals surface area contributed by atoms with E-state index in [1.54, 1.807) is 24.3 Å². The lowest BCUT2D eigenvalue weighted by Crippen LogP contribution is -2.58. The van der Waals surface area contributed by atoms with Gasteiger partial charge in [0.25, 0.3) is 0 Å². The van der Waals surface area contributed by atoms with Gasteiger partial charge < -0.3 is 4.74 Å². The Hall–Kier alpha value is -2.97. The largest absolute Gasteiger partial charge is 0.419 e. The van der Waals surface area contributed by atoms with Crippen molar-refractivity contribution in [1.82, 2.24) is 5.32 Å². The second kappa shape index (κ2) is 13.7. The van der Waals surface area contributed by atoms with Crippen molar-refractivity contribution >= 4 is 52.5 Å². The Kier molecular flexibility index (Phi) is 10.7. The molecule has 0 saturated carbocycles. The molecule has 4 aromatic rings. The summed E-state index contributed by atoms with van der Waals surface area (Å²) < 4.78 is 38.2. The zero-order chi connectivity index (χ0) is 27.6. The average Bonchev–Trinajstić information content (AvgIpc) is 2.90. The lowest BCUT2D eigenvalue weighted by molar-refractivity contribution is -1.92. The Balaban J connectivity index is 0.000000732. The van der Waals surface area contributed by atoms with Gasteiger partial charge >= 0.3 is 6.09 Å². The minimum absolute atomic E-state index is 0.0232. The normalized spacial score (nSPS) is 11.0. The number of carbonyl (C=O) groups is 1. The van der Waals surface area contributed by atoms with Crippen LogP contribution in [0.3, 0.4) is 0 Å². The smallest absolute Gasteiger partial charge is 0.410 e. The zero-order valence-electron chi connectivity index (χ0n) is 19.6. The predicted octanol–water partition coefficient (Wildman–Crippen LogP) is 2.25. The SMILES string of the molecule is O=C(NC(=C(Cl)Cl)[P+](c1ccccc1)(c1ccccc1)c1ccccc1)Oc1ccccc1.[O-][Cl+3]([O-])([O-])O. The van der Waals surface area contributed by atoms with Crippen LogP contribution in [-0.4, -0.2) is 10.8 Å². The molecule has 0 aliphatic carbocycles. The molecular weight excluding hydrogens is 572 g/mol. The molecule has 0 saturated heterocycles. The quantitative estimate of drug-likeness (QED) is 0.330. The van der Waals surface area contributed by atoms with Crippen LogP contribution >= 0.6 is 30.5 Å². The number of ether oxygens (including phenoxy) is 1. The molecule has 0 atom stereocenters. The van der Waals surface area contributed by atoms with E-state index in [0.29, 0.717) is 11.2 Å². The van der Waals surface area contributed by atoms with Gasteiger partial charge in [-0.1, -0.05) is 96.0 Å². The predicted molar refractivity (Wildman–Crippen MR) is 142 cm³/mol. The Morgan fingerprint density at radius 2 is 1.00 bits per heavy atom. The molecule has 0 unspecified atom stereocenters. The Morgan fingerprint density at radius 3 is 1.32 bits per heavy atom. The van der Waals surface area contributed by atoms with E-state index in [4.69, 9.17) is 46.6 Å². The number of hydrogen-bond donors (Lipinski definition) is 2. The molecule has 0 aromatic heterocycles. The van der Waals surface area contributed by atoms with E-state index in [1.807, 2.05) is 97.1 Å². The van der Waals surface area contributed by atoms with E-state index in [0.717, 1.165) is 15.9 Å². The summed E-state index contributed by atoms with van der Waals surface area (Å²) in [4.78, 5) is 13.0. The summed E-state index contributed by atoms with van der Waals surface area (Å²) >= 11 is 13.1. The van der Waals surface area contributed by atoms with Crippen LogP contribution in [0.5, 0.6) is 5.75 Å². The van der Waals surface area contributed by atoms with Gasteiger partial charge in [-0.15, -0.1) is 0 Å². The van der Waals surface area contributed by atoms with Crippen LogP contribution in [0, 0.1) is 10.2 Å². The van der Waals surface area contributed by atoms with Crippen molar-refractivity contribution in [2.45, 2.75) is 0 Å². The maximum Gasteiger partial charge on any atom is 0.419 e. The molecule has 7 nitrogen and oxygen atoms in total. The summed E-state index contributed by atoms with van der Waals surface area (Å²) in [6.07, 6.45) is -0.665. The molecule has 4 aromatic carbocycles. The second-order valence-electron chi connectivity index (χ2n) is 7.51. The highest BCUT2D eigenvalue weighted by Gasteiger charge is 2.52. The van der Waals surface area contributed by atoms with Crippen LogP contribution in [0.1, 0.15) is 0 Å². The first kappa shape index (κ1) is 29.6. The van der Waals surface area contributed by atoms with Crippen molar-refractivity contribution < 1.29 is 38.4 Å². The van der Waals surface area contributed by atoms with Gasteiger partial charge in [-0.2, -0.15) is 14.0 Å². The van der Waals surface area contributed by atoms with Crippen LogP contribution in [0.2, 0.25) is 0 Å². The van der Waals surface area contributed by atoms with E-state index in [9.17, 15) is 4.79 Å². The molecule has 11 heteroatoms. The lowest BCUT2D eigenvalue weighted by atomic mass is 10.3. The van der Waals surface area contributed by atoms with Crippen molar-refractivity contribution in [3.05, 3.63) is 131 Å². The van der Waals surface area contributed by atoms with Gasteiger partial charge in [0.05, 0.1) is 14.9 Å². The third-order valence-electron chi connectivity index (χ3n) is 5.12. The summed E-state index contributed by atoms with van der Waals surface area (Å²) in [5, 5.41) is 5.89. The number of benzene rings is 4. The number of halogens is 3. The molecule has 1 amide bonds. The maximum atomic E-state index is 13.0. The molecule has 4 rings (SSSR count). The lowest BCUT2D eigenvalue weighted by Gasteiger charge is -2.29. The molecule has 0 bridgehead atoms. The fourth-order valence-electron chi connectivity index (χ4n) is 3.76. The number of nitrogens with one attached hydrogen (secondary N) is 1. The Morgan fingerprint density at radius 1 is 0.684 bits per heavy atom. The molecule has 2 N–H and O–H groups in total. The highest BCUT2D eigenvalue weighted by molar-refractivity contribution is 7.99. The van der Waals surface area contributed by atoms with Crippen LogP contribution < -0.4 is 39.9 Å². The molecule has 0 fully saturated rings. The molecule has 196 valence electrons. The molecule has 0 radical (unpaired) electrons. The average molecular weight is 594 g/mol. The number of hydrogen-bond acceptors (Lipinski definition) is 6.